The predicted octanol–water partition coefficient (Wildman–Crippen LogP) is 1.47. The first kappa shape index (κ1) is 11.7. The zero-order chi connectivity index (χ0) is 11.9. The molecule has 88 valence electrons. The minimum atomic E-state index is -0.554. The molecule has 5 heteroatoms. The normalized spacial score (nSPS) is 28.6. The molecular formula is C11H14BrNO3. The van der Waals surface area contributed by atoms with Gasteiger partial charge in [-0.2, -0.15) is 0 Å². The van der Waals surface area contributed by atoms with Crippen molar-refractivity contribution >= 4 is 15.9 Å². The highest BCUT2D eigenvalue weighted by Gasteiger charge is 2.43. The summed E-state index contributed by atoms with van der Waals surface area (Å²) in [6.45, 7) is 0. The number of phenolic OH excluding ortho intramolecular Hbond substituents is 1. The number of hydrogen-bond donors (Lipinski definition) is 3. The number of hydrogen-bond acceptors (Lipinski definition) is 4. The van der Waals surface area contributed by atoms with Crippen LogP contribution in [-0.4, -0.2) is 23.4 Å². The van der Waals surface area contributed by atoms with E-state index < -0.39 is 5.54 Å². The molecule has 16 heavy (non-hydrogen) atoms. The highest BCUT2D eigenvalue weighted by molar-refractivity contribution is 9.10. The van der Waals surface area contributed by atoms with Gasteiger partial charge in [-0.3, -0.25) is 0 Å². The van der Waals surface area contributed by atoms with Crippen molar-refractivity contribution in [3.8, 4) is 11.5 Å². The first-order valence-electron chi connectivity index (χ1n) is 5.01. The van der Waals surface area contributed by atoms with E-state index in [9.17, 15) is 10.2 Å². The van der Waals surface area contributed by atoms with Gasteiger partial charge < -0.3 is 20.7 Å². The number of ether oxygens (including phenoxy) is 1. The molecule has 1 aliphatic rings. The van der Waals surface area contributed by atoms with E-state index in [1.165, 1.54) is 7.11 Å². The van der Waals surface area contributed by atoms with Crippen LogP contribution in [-0.2, 0) is 5.54 Å². The molecule has 4 N–H and O–H groups in total. The van der Waals surface area contributed by atoms with Gasteiger partial charge in [-0.25, -0.2) is 0 Å². The summed E-state index contributed by atoms with van der Waals surface area (Å²) in [5.74, 6) is 0.449. The quantitative estimate of drug-likeness (QED) is 0.770. The molecule has 1 fully saturated rings. The Balaban J connectivity index is 2.40. The molecule has 0 unspecified atom stereocenters. The standard InChI is InChI=1S/C11H14BrNO3/c1-16-8-3-2-7(9(12)10(8)15)11(13)4-6(14)5-11/h2-3,6,14-15H,4-5,13H2,1H3. The molecule has 0 radical (unpaired) electrons. The van der Waals surface area contributed by atoms with E-state index in [0.29, 0.717) is 23.1 Å². The van der Waals surface area contributed by atoms with Crippen LogP contribution in [0.3, 0.4) is 0 Å². The summed E-state index contributed by atoms with van der Waals surface area (Å²) in [6, 6.07) is 3.49. The Morgan fingerprint density at radius 2 is 2.12 bits per heavy atom. The van der Waals surface area contributed by atoms with Crippen LogP contribution in [0.4, 0.5) is 0 Å². The van der Waals surface area contributed by atoms with Gasteiger partial charge in [0.25, 0.3) is 0 Å². The van der Waals surface area contributed by atoms with Crippen LogP contribution in [0.25, 0.3) is 0 Å². The summed E-state index contributed by atoms with van der Waals surface area (Å²) < 4.78 is 5.54. The van der Waals surface area contributed by atoms with E-state index in [1.807, 2.05) is 6.07 Å². The number of aromatic hydroxyl groups is 1. The maximum absolute atomic E-state index is 9.84. The number of nitrogens with two attached hydrogens (primary N) is 1. The Kier molecular flexibility index (Phi) is 2.86. The van der Waals surface area contributed by atoms with Crippen LogP contribution in [0.2, 0.25) is 0 Å². The Morgan fingerprint density at radius 3 is 2.62 bits per heavy atom. The maximum atomic E-state index is 9.84. The summed E-state index contributed by atoms with van der Waals surface area (Å²) in [5, 5.41) is 19.2. The third-order valence-electron chi connectivity index (χ3n) is 3.04. The predicted molar refractivity (Wildman–Crippen MR) is 63.5 cm³/mol. The van der Waals surface area contributed by atoms with Crippen LogP contribution < -0.4 is 10.5 Å². The van der Waals surface area contributed by atoms with Crippen molar-refractivity contribution in [2.75, 3.05) is 7.11 Å². The molecule has 1 aliphatic carbocycles. The second-order valence-corrected chi connectivity index (χ2v) is 4.99. The number of halogens is 1. The number of phenols is 1. The molecule has 0 heterocycles. The van der Waals surface area contributed by atoms with Crippen molar-refractivity contribution in [1.82, 2.24) is 0 Å². The number of benzene rings is 1. The average molecular weight is 288 g/mol. The summed E-state index contributed by atoms with van der Waals surface area (Å²) >= 11 is 3.31. The van der Waals surface area contributed by atoms with Crippen LogP contribution in [0.1, 0.15) is 18.4 Å². The maximum Gasteiger partial charge on any atom is 0.172 e. The fraction of sp³-hybridized carbons (Fsp3) is 0.455. The fourth-order valence-electron chi connectivity index (χ4n) is 2.10. The van der Waals surface area contributed by atoms with Crippen molar-refractivity contribution in [3.63, 3.8) is 0 Å². The van der Waals surface area contributed by atoms with Crippen molar-refractivity contribution in [1.29, 1.82) is 0 Å². The lowest BCUT2D eigenvalue weighted by Gasteiger charge is -2.43. The van der Waals surface area contributed by atoms with E-state index >= 15 is 0 Å². The van der Waals surface area contributed by atoms with E-state index in [0.717, 1.165) is 5.56 Å². The Hall–Kier alpha value is -0.780. The lowest BCUT2D eigenvalue weighted by Crippen LogP contribution is -2.51. The van der Waals surface area contributed by atoms with Gasteiger partial charge in [0, 0.05) is 5.54 Å². The van der Waals surface area contributed by atoms with Crippen LogP contribution in [0.5, 0.6) is 11.5 Å². The smallest absolute Gasteiger partial charge is 0.172 e. The average Bonchev–Trinajstić information content (AvgIpc) is 2.19. The summed E-state index contributed by atoms with van der Waals surface area (Å²) in [7, 11) is 1.49. The minimum absolute atomic E-state index is 0.0474. The van der Waals surface area contributed by atoms with E-state index in [-0.39, 0.29) is 11.9 Å². The zero-order valence-electron chi connectivity index (χ0n) is 8.90. The van der Waals surface area contributed by atoms with E-state index in [1.54, 1.807) is 6.07 Å². The number of aliphatic hydroxyl groups excluding tert-OH is 1. The van der Waals surface area contributed by atoms with Crippen molar-refractivity contribution in [2.45, 2.75) is 24.5 Å². The monoisotopic (exact) mass is 287 g/mol. The van der Waals surface area contributed by atoms with Gasteiger partial charge in [0.2, 0.25) is 0 Å². The molecule has 1 saturated carbocycles. The molecular weight excluding hydrogens is 274 g/mol. The highest BCUT2D eigenvalue weighted by atomic mass is 79.9. The molecule has 0 aromatic heterocycles. The molecule has 0 saturated heterocycles. The lowest BCUT2D eigenvalue weighted by atomic mass is 9.70. The molecule has 0 atom stereocenters. The molecule has 1 aromatic rings. The van der Waals surface area contributed by atoms with Gasteiger partial charge in [-0.15, -0.1) is 0 Å². The van der Waals surface area contributed by atoms with Gasteiger partial charge >= 0.3 is 0 Å². The minimum Gasteiger partial charge on any atom is -0.503 e. The first-order valence-corrected chi connectivity index (χ1v) is 5.80. The number of rotatable bonds is 2. The molecule has 4 nitrogen and oxygen atoms in total. The van der Waals surface area contributed by atoms with Gasteiger partial charge in [0.15, 0.2) is 11.5 Å². The van der Waals surface area contributed by atoms with Gasteiger partial charge in [0.05, 0.1) is 17.7 Å². The molecule has 0 bridgehead atoms. The van der Waals surface area contributed by atoms with Crippen molar-refractivity contribution in [3.05, 3.63) is 22.2 Å². The molecule has 1 aromatic carbocycles. The first-order chi connectivity index (χ1) is 7.48. The molecule has 0 aliphatic heterocycles. The van der Waals surface area contributed by atoms with Crippen LogP contribution in [0, 0.1) is 0 Å². The molecule has 0 spiro atoms. The SMILES string of the molecule is COc1ccc(C2(N)CC(O)C2)c(Br)c1O. The Labute approximate surface area is 102 Å². The van der Waals surface area contributed by atoms with Crippen LogP contribution >= 0.6 is 15.9 Å². The van der Waals surface area contributed by atoms with Crippen molar-refractivity contribution in [2.24, 2.45) is 5.73 Å². The van der Waals surface area contributed by atoms with Gasteiger partial charge in [-0.05, 0) is 40.4 Å². The Bertz CT molecular complexity index is 416. The second-order valence-electron chi connectivity index (χ2n) is 4.20. The van der Waals surface area contributed by atoms with Crippen LogP contribution in [0.15, 0.2) is 16.6 Å². The van der Waals surface area contributed by atoms with Gasteiger partial charge in [-0.1, -0.05) is 6.07 Å². The van der Waals surface area contributed by atoms with E-state index in [4.69, 9.17) is 10.5 Å². The number of aliphatic hydroxyl groups is 1. The fourth-order valence-corrected chi connectivity index (χ4v) is 2.82. The summed E-state index contributed by atoms with van der Waals surface area (Å²) in [6.07, 6.45) is 0.676. The Morgan fingerprint density at radius 1 is 1.50 bits per heavy atom. The summed E-state index contributed by atoms with van der Waals surface area (Å²) in [5.41, 5.74) is 6.38. The second kappa shape index (κ2) is 3.91. The molecule has 2 rings (SSSR count). The largest absolute Gasteiger partial charge is 0.503 e. The lowest BCUT2D eigenvalue weighted by molar-refractivity contribution is 0.0204. The van der Waals surface area contributed by atoms with Crippen molar-refractivity contribution < 1.29 is 14.9 Å². The van der Waals surface area contributed by atoms with E-state index in [2.05, 4.69) is 15.9 Å². The third kappa shape index (κ3) is 1.69. The molecule has 0 amide bonds. The summed E-state index contributed by atoms with van der Waals surface area (Å²) in [4.78, 5) is 0. The van der Waals surface area contributed by atoms with Gasteiger partial charge in [0.1, 0.15) is 0 Å². The zero-order valence-corrected chi connectivity index (χ0v) is 10.5. The third-order valence-corrected chi connectivity index (χ3v) is 3.84. The topological polar surface area (TPSA) is 75.7 Å². The highest BCUT2D eigenvalue weighted by Crippen LogP contribution is 2.46. The number of methoxy groups -OCH3 is 1.